The zero-order valence-corrected chi connectivity index (χ0v) is 10.4. The van der Waals surface area contributed by atoms with Gasteiger partial charge < -0.3 is 11.5 Å². The van der Waals surface area contributed by atoms with Crippen LogP contribution in [-0.4, -0.2) is 6.54 Å². The minimum absolute atomic E-state index is 0.216. The van der Waals surface area contributed by atoms with Gasteiger partial charge >= 0.3 is 0 Å². The fraction of sp³-hybridized carbons (Fsp3) is 0.400. The summed E-state index contributed by atoms with van der Waals surface area (Å²) in [4.78, 5) is 0. The predicted molar refractivity (Wildman–Crippen MR) is 66.7 cm³/mol. The largest absolute Gasteiger partial charge is 0.330 e. The van der Waals surface area contributed by atoms with Gasteiger partial charge in [-0.2, -0.15) is 0 Å². The third kappa shape index (κ3) is 3.23. The zero-order chi connectivity index (χ0) is 11.4. The molecule has 0 spiro atoms. The summed E-state index contributed by atoms with van der Waals surface area (Å²) in [6.45, 7) is 0.601. The molecular weight excluding hydrogens is 254 g/mol. The molecule has 0 amide bonds. The Morgan fingerprint density at radius 3 is 2.33 bits per heavy atom. The molecule has 0 aliphatic rings. The fourth-order valence-electron chi connectivity index (χ4n) is 1.36. The third-order valence-corrected chi connectivity index (χ3v) is 3.32. The van der Waals surface area contributed by atoms with E-state index in [1.807, 2.05) is 0 Å². The minimum Gasteiger partial charge on any atom is -0.330 e. The topological polar surface area (TPSA) is 52.0 Å². The molecule has 1 aromatic rings. The highest BCUT2D eigenvalue weighted by Gasteiger charge is 2.15. The molecular formula is C10H13Cl3N2. The van der Waals surface area contributed by atoms with Crippen LogP contribution in [0.15, 0.2) is 12.1 Å². The van der Waals surface area contributed by atoms with E-state index in [1.54, 1.807) is 12.1 Å². The van der Waals surface area contributed by atoms with Crippen molar-refractivity contribution in [3.05, 3.63) is 32.8 Å². The van der Waals surface area contributed by atoms with Crippen LogP contribution in [0.2, 0.25) is 15.1 Å². The summed E-state index contributed by atoms with van der Waals surface area (Å²) in [5, 5.41) is 1.46. The maximum absolute atomic E-state index is 6.04. The van der Waals surface area contributed by atoms with Gasteiger partial charge in [0.2, 0.25) is 0 Å². The SMILES string of the molecule is NCCC[C@@H](N)c1c(Cl)ccc(Cl)c1Cl. The molecule has 1 atom stereocenters. The van der Waals surface area contributed by atoms with E-state index in [4.69, 9.17) is 46.3 Å². The molecule has 2 nitrogen and oxygen atoms in total. The van der Waals surface area contributed by atoms with Crippen molar-refractivity contribution in [2.75, 3.05) is 6.54 Å². The van der Waals surface area contributed by atoms with Crippen molar-refractivity contribution in [1.82, 2.24) is 0 Å². The summed E-state index contributed by atoms with van der Waals surface area (Å²) >= 11 is 18.0. The van der Waals surface area contributed by atoms with E-state index in [9.17, 15) is 0 Å². The van der Waals surface area contributed by atoms with Crippen LogP contribution < -0.4 is 11.5 Å². The van der Waals surface area contributed by atoms with Gasteiger partial charge in [0.1, 0.15) is 0 Å². The second-order valence-electron chi connectivity index (χ2n) is 3.29. The Morgan fingerprint density at radius 2 is 1.73 bits per heavy atom. The van der Waals surface area contributed by atoms with Crippen LogP contribution in [0.5, 0.6) is 0 Å². The molecule has 0 aliphatic carbocycles. The molecule has 0 bridgehead atoms. The molecule has 0 unspecified atom stereocenters. The molecule has 1 aromatic carbocycles. The molecule has 1 rings (SSSR count). The normalized spacial score (nSPS) is 12.9. The van der Waals surface area contributed by atoms with Crippen molar-refractivity contribution in [2.45, 2.75) is 18.9 Å². The summed E-state index contributed by atoms with van der Waals surface area (Å²) in [5.41, 5.74) is 12.1. The van der Waals surface area contributed by atoms with E-state index in [0.29, 0.717) is 27.2 Å². The van der Waals surface area contributed by atoms with E-state index >= 15 is 0 Å². The summed E-state index contributed by atoms with van der Waals surface area (Å²) in [5.74, 6) is 0. The molecule has 84 valence electrons. The maximum atomic E-state index is 6.04. The molecule has 0 fully saturated rings. The molecule has 0 saturated heterocycles. The number of hydrogen-bond acceptors (Lipinski definition) is 2. The van der Waals surface area contributed by atoms with Gasteiger partial charge in [-0.05, 0) is 31.5 Å². The lowest BCUT2D eigenvalue weighted by Gasteiger charge is -2.15. The maximum Gasteiger partial charge on any atom is 0.0654 e. The Balaban J connectivity index is 2.96. The quantitative estimate of drug-likeness (QED) is 0.822. The second kappa shape index (κ2) is 5.92. The summed E-state index contributed by atoms with van der Waals surface area (Å²) in [7, 11) is 0. The smallest absolute Gasteiger partial charge is 0.0654 e. The predicted octanol–water partition coefficient (Wildman–Crippen LogP) is 3.39. The van der Waals surface area contributed by atoms with Gasteiger partial charge in [-0.3, -0.25) is 0 Å². The Hall–Kier alpha value is 0.01000. The Bertz CT molecular complexity index is 342. The molecule has 0 saturated carbocycles. The lowest BCUT2D eigenvalue weighted by Crippen LogP contribution is -2.13. The summed E-state index contributed by atoms with van der Waals surface area (Å²) in [6.07, 6.45) is 1.58. The Labute approximate surface area is 104 Å². The molecule has 5 heteroatoms. The molecule has 0 aromatic heterocycles. The van der Waals surface area contributed by atoms with E-state index in [0.717, 1.165) is 12.8 Å². The molecule has 0 radical (unpaired) electrons. The van der Waals surface area contributed by atoms with Gasteiger partial charge in [-0.15, -0.1) is 0 Å². The van der Waals surface area contributed by atoms with Crippen molar-refractivity contribution >= 4 is 34.8 Å². The van der Waals surface area contributed by atoms with Crippen molar-refractivity contribution in [3.8, 4) is 0 Å². The lowest BCUT2D eigenvalue weighted by molar-refractivity contribution is 0.618. The van der Waals surface area contributed by atoms with Crippen molar-refractivity contribution < 1.29 is 0 Å². The second-order valence-corrected chi connectivity index (χ2v) is 4.49. The van der Waals surface area contributed by atoms with Crippen LogP contribution in [0.4, 0.5) is 0 Å². The highest BCUT2D eigenvalue weighted by atomic mass is 35.5. The van der Waals surface area contributed by atoms with Crippen molar-refractivity contribution in [2.24, 2.45) is 11.5 Å². The Kier molecular flexibility index (Phi) is 5.16. The highest BCUT2D eigenvalue weighted by Crippen LogP contribution is 2.36. The number of halogens is 3. The first-order chi connectivity index (χ1) is 7.07. The Morgan fingerprint density at radius 1 is 1.13 bits per heavy atom. The number of rotatable bonds is 4. The highest BCUT2D eigenvalue weighted by molar-refractivity contribution is 6.44. The molecule has 0 heterocycles. The monoisotopic (exact) mass is 266 g/mol. The van der Waals surface area contributed by atoms with Crippen molar-refractivity contribution in [1.29, 1.82) is 0 Å². The van der Waals surface area contributed by atoms with Crippen molar-refractivity contribution in [3.63, 3.8) is 0 Å². The summed E-state index contributed by atoms with van der Waals surface area (Å²) in [6, 6.07) is 3.14. The number of benzene rings is 1. The van der Waals surface area contributed by atoms with Gasteiger partial charge in [0.25, 0.3) is 0 Å². The summed E-state index contributed by atoms with van der Waals surface area (Å²) < 4.78 is 0. The third-order valence-electron chi connectivity index (χ3n) is 2.17. The van der Waals surface area contributed by atoms with E-state index in [2.05, 4.69) is 0 Å². The molecule has 4 N–H and O–H groups in total. The van der Waals surface area contributed by atoms with Crippen LogP contribution in [-0.2, 0) is 0 Å². The van der Waals surface area contributed by atoms with Crippen LogP contribution >= 0.6 is 34.8 Å². The number of nitrogens with two attached hydrogens (primary N) is 2. The van der Waals surface area contributed by atoms with Crippen LogP contribution in [0.25, 0.3) is 0 Å². The van der Waals surface area contributed by atoms with Crippen LogP contribution in [0.1, 0.15) is 24.4 Å². The number of hydrogen-bond donors (Lipinski definition) is 2. The molecule has 15 heavy (non-hydrogen) atoms. The fourth-order valence-corrected chi connectivity index (χ4v) is 2.18. The van der Waals surface area contributed by atoms with Gasteiger partial charge in [0.05, 0.1) is 10.0 Å². The van der Waals surface area contributed by atoms with Crippen LogP contribution in [0, 0.1) is 0 Å². The van der Waals surface area contributed by atoms with Gasteiger partial charge in [-0.1, -0.05) is 34.8 Å². The molecule has 0 aliphatic heterocycles. The average molecular weight is 268 g/mol. The van der Waals surface area contributed by atoms with Gasteiger partial charge in [0, 0.05) is 16.6 Å². The first-order valence-corrected chi connectivity index (χ1v) is 5.80. The van der Waals surface area contributed by atoms with E-state index in [-0.39, 0.29) is 6.04 Å². The zero-order valence-electron chi connectivity index (χ0n) is 8.14. The van der Waals surface area contributed by atoms with E-state index in [1.165, 1.54) is 0 Å². The standard InChI is InChI=1S/C10H13Cl3N2/c11-6-3-4-7(12)10(13)9(6)8(15)2-1-5-14/h3-4,8H,1-2,5,14-15H2/t8-/m1/s1. The van der Waals surface area contributed by atoms with Gasteiger partial charge in [0.15, 0.2) is 0 Å². The first kappa shape index (κ1) is 13.1. The lowest BCUT2D eigenvalue weighted by atomic mass is 10.0. The van der Waals surface area contributed by atoms with Gasteiger partial charge in [-0.25, -0.2) is 0 Å². The van der Waals surface area contributed by atoms with Crippen LogP contribution in [0.3, 0.4) is 0 Å². The average Bonchev–Trinajstić information content (AvgIpc) is 2.21. The first-order valence-electron chi connectivity index (χ1n) is 4.67. The van der Waals surface area contributed by atoms with E-state index < -0.39 is 0 Å². The minimum atomic E-state index is -0.216.